The largest absolute Gasteiger partial charge is 0.493 e. The van der Waals surface area contributed by atoms with Crippen LogP contribution in [0.15, 0.2) is 18.2 Å². The second-order valence-corrected chi connectivity index (χ2v) is 9.36. The van der Waals surface area contributed by atoms with Gasteiger partial charge in [0.1, 0.15) is 5.00 Å². The Morgan fingerprint density at radius 2 is 1.85 bits per heavy atom. The zero-order valence-corrected chi connectivity index (χ0v) is 20.1. The number of amides is 3. The van der Waals surface area contributed by atoms with Crippen molar-refractivity contribution < 1.29 is 23.9 Å². The number of primary amides is 1. The molecule has 0 unspecified atom stereocenters. The molecule has 1 atom stereocenters. The van der Waals surface area contributed by atoms with Crippen LogP contribution in [-0.2, 0) is 28.9 Å². The van der Waals surface area contributed by atoms with E-state index >= 15 is 0 Å². The molecule has 0 saturated carbocycles. The Morgan fingerprint density at radius 1 is 1.12 bits per heavy atom. The first-order valence-electron chi connectivity index (χ1n) is 11.0. The third-order valence-corrected chi connectivity index (χ3v) is 6.94. The predicted molar refractivity (Wildman–Crippen MR) is 128 cm³/mol. The summed E-state index contributed by atoms with van der Waals surface area (Å²) in [4.78, 5) is 37.7. The number of fused-ring (bicyclic) bond motifs is 1. The number of carbonyl (C=O) groups is 3. The van der Waals surface area contributed by atoms with Crippen LogP contribution in [0.2, 0.25) is 0 Å². The fourth-order valence-corrected chi connectivity index (χ4v) is 5.42. The number of carbonyl (C=O) groups excluding carboxylic acids is 3. The molecule has 0 saturated heterocycles. The fraction of sp³-hybridized carbons (Fsp3) is 0.458. The zero-order chi connectivity index (χ0) is 24.0. The lowest BCUT2D eigenvalue weighted by atomic mass is 9.88. The molecule has 1 aromatic heterocycles. The van der Waals surface area contributed by atoms with Gasteiger partial charge in [0.2, 0.25) is 11.8 Å². The number of hydrogen-bond donors (Lipinski definition) is 3. The molecule has 1 aliphatic carbocycles. The molecule has 178 valence electrons. The normalized spacial score (nSPS) is 14.8. The van der Waals surface area contributed by atoms with Gasteiger partial charge >= 0.3 is 0 Å². The van der Waals surface area contributed by atoms with Crippen LogP contribution < -0.4 is 25.8 Å². The topological polar surface area (TPSA) is 120 Å². The molecule has 0 bridgehead atoms. The van der Waals surface area contributed by atoms with Gasteiger partial charge in [0.05, 0.1) is 19.8 Å². The van der Waals surface area contributed by atoms with E-state index in [-0.39, 0.29) is 24.7 Å². The van der Waals surface area contributed by atoms with Crippen LogP contribution in [0.3, 0.4) is 0 Å². The molecule has 1 aliphatic rings. The van der Waals surface area contributed by atoms with Crippen molar-refractivity contribution in [2.45, 2.75) is 45.4 Å². The first kappa shape index (κ1) is 24.6. The van der Waals surface area contributed by atoms with Gasteiger partial charge in [-0.2, -0.15) is 0 Å². The predicted octanol–water partition coefficient (Wildman–Crippen LogP) is 3.07. The summed E-state index contributed by atoms with van der Waals surface area (Å²) in [6.07, 6.45) is 3.40. The molecule has 4 N–H and O–H groups in total. The Labute approximate surface area is 197 Å². The van der Waals surface area contributed by atoms with Crippen LogP contribution in [0.4, 0.5) is 5.00 Å². The minimum atomic E-state index is -0.523. The monoisotopic (exact) mass is 473 g/mol. The number of anilines is 1. The highest BCUT2D eigenvalue weighted by Gasteiger charge is 2.27. The molecule has 9 heteroatoms. The Bertz CT molecular complexity index is 1030. The van der Waals surface area contributed by atoms with Crippen LogP contribution in [0.25, 0.3) is 0 Å². The molecule has 2 aromatic rings. The molecule has 0 radical (unpaired) electrons. The van der Waals surface area contributed by atoms with Crippen LogP contribution in [0, 0.1) is 5.92 Å². The molecular formula is C24H31N3O5S. The summed E-state index contributed by atoms with van der Waals surface area (Å²) >= 11 is 1.42. The van der Waals surface area contributed by atoms with Gasteiger partial charge in [0.25, 0.3) is 5.91 Å². The van der Waals surface area contributed by atoms with Crippen molar-refractivity contribution in [3.63, 3.8) is 0 Å². The molecule has 3 amide bonds. The summed E-state index contributed by atoms with van der Waals surface area (Å²) in [5.74, 6) is 0.794. The standard InChI is InChI=1S/C24H31N3O5S/c1-14-4-6-16-19(12-14)33-24(22(16)23(25)30)27-21(29)9-8-20(28)26-11-10-15-5-7-17(31-2)18(13-15)32-3/h5,7,13-14H,4,6,8-12H2,1-3H3,(H2,25,30)(H,26,28)(H,27,29)/t14-/m0/s1. The molecule has 8 nitrogen and oxygen atoms in total. The van der Waals surface area contributed by atoms with Gasteiger partial charge in [-0.15, -0.1) is 11.3 Å². The highest BCUT2D eigenvalue weighted by atomic mass is 32.1. The van der Waals surface area contributed by atoms with Gasteiger partial charge in [-0.25, -0.2) is 0 Å². The van der Waals surface area contributed by atoms with Gasteiger partial charge in [-0.05, 0) is 54.9 Å². The van der Waals surface area contributed by atoms with Gasteiger partial charge < -0.3 is 25.8 Å². The van der Waals surface area contributed by atoms with E-state index in [2.05, 4.69) is 17.6 Å². The molecular weight excluding hydrogens is 442 g/mol. The van der Waals surface area contributed by atoms with Gasteiger partial charge in [-0.3, -0.25) is 14.4 Å². The highest BCUT2D eigenvalue weighted by molar-refractivity contribution is 7.17. The number of methoxy groups -OCH3 is 2. The summed E-state index contributed by atoms with van der Waals surface area (Å²) in [5.41, 5.74) is 7.98. The highest BCUT2D eigenvalue weighted by Crippen LogP contribution is 2.39. The third-order valence-electron chi connectivity index (χ3n) is 5.77. The second kappa shape index (κ2) is 11.2. The van der Waals surface area contributed by atoms with E-state index in [1.807, 2.05) is 18.2 Å². The fourth-order valence-electron chi connectivity index (χ4n) is 3.99. The Kier molecular flexibility index (Phi) is 8.32. The summed E-state index contributed by atoms with van der Waals surface area (Å²) in [6.45, 7) is 2.62. The van der Waals surface area contributed by atoms with Crippen LogP contribution >= 0.6 is 11.3 Å². The van der Waals surface area contributed by atoms with Gasteiger partial charge in [-0.1, -0.05) is 13.0 Å². The number of nitrogens with two attached hydrogens (primary N) is 1. The molecule has 0 fully saturated rings. The van der Waals surface area contributed by atoms with Crippen molar-refractivity contribution in [3.8, 4) is 11.5 Å². The van der Waals surface area contributed by atoms with Crippen molar-refractivity contribution in [2.75, 3.05) is 26.1 Å². The van der Waals surface area contributed by atoms with E-state index in [4.69, 9.17) is 15.2 Å². The number of thiophene rings is 1. The van der Waals surface area contributed by atoms with Crippen LogP contribution in [0.5, 0.6) is 11.5 Å². The lowest BCUT2D eigenvalue weighted by Gasteiger charge is -2.18. The summed E-state index contributed by atoms with van der Waals surface area (Å²) in [7, 11) is 3.16. The molecule has 33 heavy (non-hydrogen) atoms. The van der Waals surface area contributed by atoms with Crippen molar-refractivity contribution in [2.24, 2.45) is 11.7 Å². The van der Waals surface area contributed by atoms with Crippen LogP contribution in [-0.4, -0.2) is 38.5 Å². The average molecular weight is 474 g/mol. The average Bonchev–Trinajstić information content (AvgIpc) is 3.14. The summed E-state index contributed by atoms with van der Waals surface area (Å²) < 4.78 is 10.5. The quantitative estimate of drug-likeness (QED) is 0.490. The zero-order valence-electron chi connectivity index (χ0n) is 19.3. The van der Waals surface area contributed by atoms with Crippen molar-refractivity contribution in [1.82, 2.24) is 5.32 Å². The molecule has 3 rings (SSSR count). The second-order valence-electron chi connectivity index (χ2n) is 8.26. The minimum absolute atomic E-state index is 0.0271. The molecule has 0 spiro atoms. The number of benzene rings is 1. The Morgan fingerprint density at radius 3 is 2.55 bits per heavy atom. The number of nitrogens with one attached hydrogen (secondary N) is 2. The number of hydrogen-bond acceptors (Lipinski definition) is 6. The first-order valence-corrected chi connectivity index (χ1v) is 11.9. The maximum absolute atomic E-state index is 12.4. The minimum Gasteiger partial charge on any atom is -0.493 e. The number of ether oxygens (including phenoxy) is 2. The van der Waals surface area contributed by atoms with Crippen molar-refractivity contribution >= 4 is 34.1 Å². The summed E-state index contributed by atoms with van der Waals surface area (Å²) in [6, 6.07) is 5.61. The van der Waals surface area contributed by atoms with E-state index in [0.29, 0.717) is 40.9 Å². The maximum Gasteiger partial charge on any atom is 0.251 e. The first-order chi connectivity index (χ1) is 15.8. The van der Waals surface area contributed by atoms with Gasteiger partial charge in [0, 0.05) is 24.3 Å². The smallest absolute Gasteiger partial charge is 0.251 e. The Hall–Kier alpha value is -3.07. The molecule has 1 heterocycles. The van der Waals surface area contributed by atoms with Crippen molar-refractivity contribution in [1.29, 1.82) is 0 Å². The summed E-state index contributed by atoms with van der Waals surface area (Å²) in [5, 5.41) is 6.13. The third kappa shape index (κ3) is 6.25. The van der Waals surface area contributed by atoms with E-state index in [1.165, 1.54) is 11.3 Å². The maximum atomic E-state index is 12.4. The lowest BCUT2D eigenvalue weighted by molar-refractivity contribution is -0.124. The molecule has 1 aromatic carbocycles. The van der Waals surface area contributed by atoms with Gasteiger partial charge in [0.15, 0.2) is 11.5 Å². The van der Waals surface area contributed by atoms with E-state index in [9.17, 15) is 14.4 Å². The number of rotatable bonds is 10. The Balaban J connectivity index is 1.47. The van der Waals surface area contributed by atoms with Crippen molar-refractivity contribution in [3.05, 3.63) is 39.8 Å². The van der Waals surface area contributed by atoms with E-state index < -0.39 is 5.91 Å². The SMILES string of the molecule is COc1ccc(CCNC(=O)CCC(=O)Nc2sc3c(c2C(N)=O)CC[C@H](C)C3)cc1OC. The molecule has 0 aliphatic heterocycles. The van der Waals surface area contributed by atoms with E-state index in [0.717, 1.165) is 35.3 Å². The lowest BCUT2D eigenvalue weighted by Crippen LogP contribution is -2.27. The van der Waals surface area contributed by atoms with E-state index in [1.54, 1.807) is 14.2 Å². The van der Waals surface area contributed by atoms with Crippen LogP contribution in [0.1, 0.15) is 52.5 Å².